The Labute approximate surface area is 119 Å². The predicted octanol–water partition coefficient (Wildman–Crippen LogP) is 2.54. The number of rotatable bonds is 5. The SMILES string of the molecule is Cn1ccnc1CCNc1cc(Br)ccc1C(=O)O. The molecule has 0 spiro atoms. The summed E-state index contributed by atoms with van der Waals surface area (Å²) in [4.78, 5) is 15.3. The molecule has 2 aromatic rings. The van der Waals surface area contributed by atoms with E-state index >= 15 is 0 Å². The Balaban J connectivity index is 2.05. The van der Waals surface area contributed by atoms with E-state index in [9.17, 15) is 4.79 Å². The number of carboxylic acids is 1. The van der Waals surface area contributed by atoms with Gasteiger partial charge >= 0.3 is 5.97 Å². The molecule has 0 atom stereocenters. The Morgan fingerprint density at radius 1 is 1.53 bits per heavy atom. The van der Waals surface area contributed by atoms with E-state index in [1.165, 1.54) is 0 Å². The van der Waals surface area contributed by atoms with Crippen LogP contribution in [0.1, 0.15) is 16.2 Å². The molecule has 0 aliphatic rings. The van der Waals surface area contributed by atoms with E-state index in [4.69, 9.17) is 5.11 Å². The van der Waals surface area contributed by atoms with Gasteiger partial charge in [-0.15, -0.1) is 0 Å². The molecule has 2 N–H and O–H groups in total. The van der Waals surface area contributed by atoms with Crippen LogP contribution in [0.3, 0.4) is 0 Å². The molecule has 0 saturated heterocycles. The lowest BCUT2D eigenvalue weighted by Crippen LogP contribution is -2.11. The van der Waals surface area contributed by atoms with Crippen LogP contribution in [0.5, 0.6) is 0 Å². The first-order valence-electron chi connectivity index (χ1n) is 5.81. The molecule has 0 aliphatic carbocycles. The third kappa shape index (κ3) is 3.35. The molecule has 6 heteroatoms. The Kier molecular flexibility index (Phi) is 4.21. The van der Waals surface area contributed by atoms with E-state index in [0.717, 1.165) is 16.7 Å². The van der Waals surface area contributed by atoms with Crippen molar-refractivity contribution < 1.29 is 9.90 Å². The second-order valence-corrected chi connectivity index (χ2v) is 5.04. The summed E-state index contributed by atoms with van der Waals surface area (Å²) in [6.45, 7) is 0.627. The van der Waals surface area contributed by atoms with Crippen LogP contribution in [0.4, 0.5) is 5.69 Å². The van der Waals surface area contributed by atoms with Gasteiger partial charge in [0.1, 0.15) is 5.82 Å². The molecule has 0 bridgehead atoms. The van der Waals surface area contributed by atoms with Gasteiger partial charge in [-0.05, 0) is 18.2 Å². The highest BCUT2D eigenvalue weighted by Gasteiger charge is 2.10. The Morgan fingerprint density at radius 2 is 2.32 bits per heavy atom. The summed E-state index contributed by atoms with van der Waals surface area (Å²) < 4.78 is 2.79. The molecule has 0 radical (unpaired) electrons. The van der Waals surface area contributed by atoms with Crippen LogP contribution in [0, 0.1) is 0 Å². The van der Waals surface area contributed by atoms with Gasteiger partial charge in [0.15, 0.2) is 0 Å². The second-order valence-electron chi connectivity index (χ2n) is 4.13. The van der Waals surface area contributed by atoms with Crippen molar-refractivity contribution in [2.45, 2.75) is 6.42 Å². The van der Waals surface area contributed by atoms with Crippen molar-refractivity contribution in [2.75, 3.05) is 11.9 Å². The fourth-order valence-corrected chi connectivity index (χ4v) is 2.16. The van der Waals surface area contributed by atoms with Crippen molar-refractivity contribution in [1.29, 1.82) is 0 Å². The molecule has 19 heavy (non-hydrogen) atoms. The maximum atomic E-state index is 11.1. The topological polar surface area (TPSA) is 67.2 Å². The highest BCUT2D eigenvalue weighted by molar-refractivity contribution is 9.10. The highest BCUT2D eigenvalue weighted by Crippen LogP contribution is 2.21. The number of anilines is 1. The zero-order valence-electron chi connectivity index (χ0n) is 10.4. The number of nitrogens with one attached hydrogen (secondary N) is 1. The van der Waals surface area contributed by atoms with E-state index in [1.807, 2.05) is 17.8 Å². The molecule has 1 heterocycles. The van der Waals surface area contributed by atoms with Crippen LogP contribution < -0.4 is 5.32 Å². The van der Waals surface area contributed by atoms with Crippen molar-refractivity contribution in [3.63, 3.8) is 0 Å². The van der Waals surface area contributed by atoms with Crippen molar-refractivity contribution in [1.82, 2.24) is 9.55 Å². The minimum Gasteiger partial charge on any atom is -0.478 e. The first-order chi connectivity index (χ1) is 9.08. The molecule has 100 valence electrons. The zero-order valence-corrected chi connectivity index (χ0v) is 12.0. The monoisotopic (exact) mass is 323 g/mol. The van der Waals surface area contributed by atoms with Gasteiger partial charge in [-0.3, -0.25) is 0 Å². The van der Waals surface area contributed by atoms with Crippen molar-refractivity contribution in [3.05, 3.63) is 46.5 Å². The van der Waals surface area contributed by atoms with Gasteiger partial charge in [0, 0.05) is 42.6 Å². The van der Waals surface area contributed by atoms with Gasteiger partial charge in [-0.2, -0.15) is 0 Å². The molecule has 0 aliphatic heterocycles. The van der Waals surface area contributed by atoms with Crippen LogP contribution in [0.25, 0.3) is 0 Å². The summed E-state index contributed by atoms with van der Waals surface area (Å²) in [5.41, 5.74) is 0.874. The third-order valence-electron chi connectivity index (χ3n) is 2.80. The standard InChI is InChI=1S/C13H14BrN3O2/c1-17-7-6-16-12(17)4-5-15-11-8-9(14)2-3-10(11)13(18)19/h2-3,6-8,15H,4-5H2,1H3,(H,18,19). The highest BCUT2D eigenvalue weighted by atomic mass is 79.9. The summed E-state index contributed by atoms with van der Waals surface area (Å²) in [5.74, 6) is 0.0198. The van der Waals surface area contributed by atoms with Crippen molar-refractivity contribution in [3.8, 4) is 0 Å². The fraction of sp³-hybridized carbons (Fsp3) is 0.231. The van der Waals surface area contributed by atoms with Crippen LogP contribution in [-0.4, -0.2) is 27.2 Å². The number of hydrogen-bond acceptors (Lipinski definition) is 3. The van der Waals surface area contributed by atoms with Gasteiger partial charge in [0.05, 0.1) is 5.56 Å². The molecule has 2 rings (SSSR count). The Morgan fingerprint density at radius 3 is 2.95 bits per heavy atom. The van der Waals surface area contributed by atoms with Gasteiger partial charge in [0.25, 0.3) is 0 Å². The predicted molar refractivity (Wildman–Crippen MR) is 76.5 cm³/mol. The fourth-order valence-electron chi connectivity index (χ4n) is 1.80. The maximum absolute atomic E-state index is 11.1. The lowest BCUT2D eigenvalue weighted by Gasteiger charge is -2.10. The second kappa shape index (κ2) is 5.88. The van der Waals surface area contributed by atoms with Crippen LogP contribution >= 0.6 is 15.9 Å². The van der Waals surface area contributed by atoms with Crippen LogP contribution in [0.15, 0.2) is 35.1 Å². The van der Waals surface area contributed by atoms with Gasteiger partial charge in [-0.25, -0.2) is 9.78 Å². The average molecular weight is 324 g/mol. The van der Waals surface area contributed by atoms with E-state index in [-0.39, 0.29) is 5.56 Å². The number of imidazole rings is 1. The molecule has 0 unspecified atom stereocenters. The lowest BCUT2D eigenvalue weighted by atomic mass is 10.2. The van der Waals surface area contributed by atoms with Crippen molar-refractivity contribution >= 4 is 27.6 Å². The number of halogens is 1. The molecule has 0 amide bonds. The molecule has 1 aromatic heterocycles. The number of benzene rings is 1. The number of nitrogens with zero attached hydrogens (tertiary/aromatic N) is 2. The number of aryl methyl sites for hydroxylation is 1. The number of hydrogen-bond donors (Lipinski definition) is 2. The van der Waals surface area contributed by atoms with E-state index in [2.05, 4.69) is 26.2 Å². The lowest BCUT2D eigenvalue weighted by molar-refractivity contribution is 0.0698. The average Bonchev–Trinajstić information content (AvgIpc) is 2.75. The molecular weight excluding hydrogens is 310 g/mol. The normalized spacial score (nSPS) is 10.4. The number of aromatic nitrogens is 2. The smallest absolute Gasteiger partial charge is 0.337 e. The number of carboxylic acid groups (broad SMARTS) is 1. The minimum atomic E-state index is -0.938. The molecule has 0 fully saturated rings. The van der Waals surface area contributed by atoms with Gasteiger partial charge in [-0.1, -0.05) is 15.9 Å². The summed E-state index contributed by atoms with van der Waals surface area (Å²) in [6, 6.07) is 5.06. The van der Waals surface area contributed by atoms with E-state index < -0.39 is 5.97 Å². The third-order valence-corrected chi connectivity index (χ3v) is 3.29. The molecule has 0 saturated carbocycles. The van der Waals surface area contributed by atoms with Gasteiger partial charge < -0.3 is 15.0 Å². The number of aromatic carboxylic acids is 1. The molecule has 5 nitrogen and oxygen atoms in total. The molecular formula is C13H14BrN3O2. The quantitative estimate of drug-likeness (QED) is 0.887. The maximum Gasteiger partial charge on any atom is 0.337 e. The van der Waals surface area contributed by atoms with Crippen LogP contribution in [0.2, 0.25) is 0 Å². The largest absolute Gasteiger partial charge is 0.478 e. The number of carbonyl (C=O) groups is 1. The first-order valence-corrected chi connectivity index (χ1v) is 6.60. The zero-order chi connectivity index (χ0) is 13.8. The summed E-state index contributed by atoms with van der Waals surface area (Å²) in [5, 5.41) is 12.2. The minimum absolute atomic E-state index is 0.267. The van der Waals surface area contributed by atoms with Crippen LogP contribution in [-0.2, 0) is 13.5 Å². The summed E-state index contributed by atoms with van der Waals surface area (Å²) in [6.07, 6.45) is 4.36. The molecule has 1 aromatic carbocycles. The van der Waals surface area contributed by atoms with Crippen molar-refractivity contribution in [2.24, 2.45) is 7.05 Å². The summed E-state index contributed by atoms with van der Waals surface area (Å²) >= 11 is 3.34. The Bertz CT molecular complexity index is 595. The Hall–Kier alpha value is -1.82. The van der Waals surface area contributed by atoms with E-state index in [1.54, 1.807) is 24.4 Å². The summed E-state index contributed by atoms with van der Waals surface area (Å²) in [7, 11) is 1.93. The van der Waals surface area contributed by atoms with E-state index in [0.29, 0.717) is 12.2 Å². The van der Waals surface area contributed by atoms with Gasteiger partial charge in [0.2, 0.25) is 0 Å². The first kappa shape index (κ1) is 13.6.